The van der Waals surface area contributed by atoms with Crippen molar-refractivity contribution in [2.24, 2.45) is 0 Å². The van der Waals surface area contributed by atoms with E-state index >= 15 is 0 Å². The third kappa shape index (κ3) is 3.82. The van der Waals surface area contributed by atoms with Crippen LogP contribution in [0.3, 0.4) is 0 Å². The van der Waals surface area contributed by atoms with E-state index in [0.29, 0.717) is 41.2 Å². The zero-order chi connectivity index (χ0) is 21.1. The number of nitrogens with one attached hydrogen (secondary N) is 1. The lowest BCUT2D eigenvalue weighted by molar-refractivity contribution is -0.119. The van der Waals surface area contributed by atoms with E-state index < -0.39 is 11.5 Å². The first-order valence-corrected chi connectivity index (χ1v) is 9.53. The molecule has 0 saturated heterocycles. The number of carbonyl (C=O) groups is 1. The van der Waals surface area contributed by atoms with Gasteiger partial charge in [0.05, 0.1) is 27.4 Å². The molecule has 0 fully saturated rings. The Balaban J connectivity index is 2.37. The Hall–Kier alpha value is -2.93. The number of hydrogen-bond acceptors (Lipinski definition) is 6. The largest absolute Gasteiger partial charge is 0.504 e. The second kappa shape index (κ2) is 8.61. The Morgan fingerprint density at radius 1 is 1.17 bits per heavy atom. The maximum Gasteiger partial charge on any atom is 0.235 e. The van der Waals surface area contributed by atoms with Crippen LogP contribution >= 0.6 is 11.6 Å². The minimum atomic E-state index is -0.542. The predicted octanol–water partition coefficient (Wildman–Crippen LogP) is 2.79. The number of aromatic hydroxyl groups is 1. The van der Waals surface area contributed by atoms with Gasteiger partial charge in [-0.1, -0.05) is 6.07 Å². The standard InChI is InChI=1S/C21H22ClNO6/c1-27-17-8-11-4-6-14(23-18(26)10-22)13-9-16(25)15(24)7-5-12(13)19(11)21(29-3)20(17)28-2/h5,7-9,14H,4,6,10H2,1-3H3,(H,23,26)(H,24,25)/t14-/m1/s1. The van der Waals surface area contributed by atoms with Crippen molar-refractivity contribution in [1.29, 1.82) is 0 Å². The molecule has 2 N–H and O–H groups in total. The first kappa shape index (κ1) is 20.8. The van der Waals surface area contributed by atoms with Crippen LogP contribution in [-0.2, 0) is 11.2 Å². The topological polar surface area (TPSA) is 94.1 Å². The molecule has 8 heteroatoms. The summed E-state index contributed by atoms with van der Waals surface area (Å²) in [5, 5.41) is 12.8. The molecule has 2 aromatic rings. The lowest BCUT2D eigenvalue weighted by Gasteiger charge is -2.19. The number of ether oxygens (including phenoxy) is 3. The van der Waals surface area contributed by atoms with Gasteiger partial charge in [0.25, 0.3) is 0 Å². The number of halogens is 1. The van der Waals surface area contributed by atoms with E-state index in [-0.39, 0.29) is 17.5 Å². The fourth-order valence-corrected chi connectivity index (χ4v) is 3.76. The highest BCUT2D eigenvalue weighted by molar-refractivity contribution is 6.27. The summed E-state index contributed by atoms with van der Waals surface area (Å²) in [5.74, 6) is 0.450. The molecule has 0 aliphatic heterocycles. The highest BCUT2D eigenvalue weighted by Crippen LogP contribution is 2.50. The Morgan fingerprint density at radius 2 is 1.90 bits per heavy atom. The van der Waals surface area contributed by atoms with Crippen LogP contribution in [0.1, 0.15) is 23.6 Å². The summed E-state index contributed by atoms with van der Waals surface area (Å²) >= 11 is 5.67. The SMILES string of the molecule is COc1cc2c(c(OC)c1OC)-c1ccc(O)c(=O)cc1[C@H](NC(=O)CCl)CC2. The van der Waals surface area contributed by atoms with Gasteiger partial charge in [-0.15, -0.1) is 11.6 Å². The average Bonchev–Trinajstić information content (AvgIpc) is 2.96. The van der Waals surface area contributed by atoms with Gasteiger partial charge in [0.1, 0.15) is 5.88 Å². The lowest BCUT2D eigenvalue weighted by atomic mass is 9.95. The van der Waals surface area contributed by atoms with E-state index in [1.165, 1.54) is 26.4 Å². The summed E-state index contributed by atoms with van der Waals surface area (Å²) in [4.78, 5) is 24.3. The van der Waals surface area contributed by atoms with E-state index in [1.807, 2.05) is 6.07 Å². The van der Waals surface area contributed by atoms with Gasteiger partial charge in [0.2, 0.25) is 17.1 Å². The molecule has 0 heterocycles. The first-order chi connectivity index (χ1) is 13.9. The predicted molar refractivity (Wildman–Crippen MR) is 109 cm³/mol. The van der Waals surface area contributed by atoms with Gasteiger partial charge in [0.15, 0.2) is 17.2 Å². The van der Waals surface area contributed by atoms with Crippen molar-refractivity contribution >= 4 is 17.5 Å². The van der Waals surface area contributed by atoms with Crippen molar-refractivity contribution < 1.29 is 24.1 Å². The zero-order valence-corrected chi connectivity index (χ0v) is 17.1. The molecule has 0 bridgehead atoms. The van der Waals surface area contributed by atoms with Crippen LogP contribution in [0.15, 0.2) is 29.1 Å². The van der Waals surface area contributed by atoms with Crippen LogP contribution in [0.5, 0.6) is 23.0 Å². The molecule has 0 aromatic heterocycles. The van der Waals surface area contributed by atoms with Crippen LogP contribution in [0.2, 0.25) is 0 Å². The number of hydrogen-bond donors (Lipinski definition) is 2. The molecule has 1 aliphatic rings. The Kier molecular flexibility index (Phi) is 6.17. The first-order valence-electron chi connectivity index (χ1n) is 8.99. The van der Waals surface area contributed by atoms with Crippen molar-refractivity contribution in [3.05, 3.63) is 45.6 Å². The molecule has 1 aliphatic carbocycles. The number of fused-ring (bicyclic) bond motifs is 3. The normalized spacial score (nSPS) is 14.8. The van der Waals surface area contributed by atoms with E-state index in [9.17, 15) is 14.7 Å². The molecule has 0 unspecified atom stereocenters. The van der Waals surface area contributed by atoms with Crippen LogP contribution < -0.4 is 25.0 Å². The summed E-state index contributed by atoms with van der Waals surface area (Å²) in [6.07, 6.45) is 1.10. The number of alkyl halides is 1. The van der Waals surface area contributed by atoms with Crippen LogP contribution in [0.25, 0.3) is 11.1 Å². The summed E-state index contributed by atoms with van der Waals surface area (Å²) in [6, 6.07) is 5.72. The second-order valence-corrected chi connectivity index (χ2v) is 6.84. The van der Waals surface area contributed by atoms with Crippen molar-refractivity contribution in [3.8, 4) is 34.1 Å². The summed E-state index contributed by atoms with van der Waals surface area (Å²) < 4.78 is 16.6. The van der Waals surface area contributed by atoms with Gasteiger partial charge in [-0.2, -0.15) is 0 Å². The average molecular weight is 420 g/mol. The van der Waals surface area contributed by atoms with E-state index in [1.54, 1.807) is 13.2 Å². The molecule has 29 heavy (non-hydrogen) atoms. The van der Waals surface area contributed by atoms with Gasteiger partial charge < -0.3 is 24.6 Å². The van der Waals surface area contributed by atoms with Crippen molar-refractivity contribution in [2.45, 2.75) is 18.9 Å². The molecule has 1 atom stereocenters. The molecule has 0 spiro atoms. The molecule has 154 valence electrons. The quantitative estimate of drug-likeness (QED) is 0.724. The van der Waals surface area contributed by atoms with Crippen LogP contribution in [0, 0.1) is 0 Å². The smallest absolute Gasteiger partial charge is 0.235 e. The van der Waals surface area contributed by atoms with E-state index in [0.717, 1.165) is 11.1 Å². The maximum absolute atomic E-state index is 12.3. The third-order valence-electron chi connectivity index (χ3n) is 4.97. The minimum absolute atomic E-state index is 0.196. The molecular weight excluding hydrogens is 398 g/mol. The Morgan fingerprint density at radius 3 is 2.52 bits per heavy atom. The zero-order valence-electron chi connectivity index (χ0n) is 16.4. The molecule has 2 aromatic carbocycles. The van der Waals surface area contributed by atoms with Gasteiger partial charge in [-0.05, 0) is 47.7 Å². The third-order valence-corrected chi connectivity index (χ3v) is 5.22. The number of aryl methyl sites for hydroxylation is 1. The molecule has 3 rings (SSSR count). The fourth-order valence-electron chi connectivity index (χ4n) is 3.69. The number of amides is 1. The summed E-state index contributed by atoms with van der Waals surface area (Å²) in [6.45, 7) is 0. The van der Waals surface area contributed by atoms with Crippen LogP contribution in [0.4, 0.5) is 0 Å². The molecular formula is C21H22ClNO6. The van der Waals surface area contributed by atoms with Crippen molar-refractivity contribution in [2.75, 3.05) is 27.2 Å². The van der Waals surface area contributed by atoms with Gasteiger partial charge in [-0.25, -0.2) is 0 Å². The number of methoxy groups -OCH3 is 3. The lowest BCUT2D eigenvalue weighted by Crippen LogP contribution is -2.29. The monoisotopic (exact) mass is 419 g/mol. The fraction of sp³-hybridized carbons (Fsp3) is 0.333. The molecule has 0 saturated carbocycles. The maximum atomic E-state index is 12.3. The number of rotatable bonds is 5. The Labute approximate surface area is 173 Å². The van der Waals surface area contributed by atoms with Crippen molar-refractivity contribution in [3.63, 3.8) is 0 Å². The van der Waals surface area contributed by atoms with Crippen molar-refractivity contribution in [1.82, 2.24) is 5.32 Å². The number of benzene rings is 1. The Bertz CT molecular complexity index is 1010. The molecule has 7 nitrogen and oxygen atoms in total. The van der Waals surface area contributed by atoms with E-state index in [4.69, 9.17) is 25.8 Å². The molecule has 0 radical (unpaired) electrons. The van der Waals surface area contributed by atoms with Crippen LogP contribution in [-0.4, -0.2) is 38.2 Å². The second-order valence-electron chi connectivity index (χ2n) is 6.57. The minimum Gasteiger partial charge on any atom is -0.504 e. The number of carbonyl (C=O) groups excluding carboxylic acids is 1. The van der Waals surface area contributed by atoms with Gasteiger partial charge in [-0.3, -0.25) is 9.59 Å². The van der Waals surface area contributed by atoms with E-state index in [2.05, 4.69) is 5.32 Å². The highest BCUT2D eigenvalue weighted by atomic mass is 35.5. The molecule has 1 amide bonds. The summed E-state index contributed by atoms with van der Waals surface area (Å²) in [5.41, 5.74) is 2.30. The van der Waals surface area contributed by atoms with Gasteiger partial charge >= 0.3 is 0 Å². The van der Waals surface area contributed by atoms with Gasteiger partial charge in [0, 0.05) is 5.56 Å². The highest BCUT2D eigenvalue weighted by Gasteiger charge is 2.29. The summed E-state index contributed by atoms with van der Waals surface area (Å²) in [7, 11) is 4.58.